The fraction of sp³-hybridized carbons (Fsp3) is 1.00. The van der Waals surface area contributed by atoms with Crippen molar-refractivity contribution in [2.24, 2.45) is 5.41 Å². The Balaban J connectivity index is 1.96. The van der Waals surface area contributed by atoms with Crippen LogP contribution in [0.25, 0.3) is 0 Å². The maximum Gasteiger partial charge on any atom is 0.00510 e. The summed E-state index contributed by atoms with van der Waals surface area (Å²) >= 11 is 0. The molecule has 2 saturated heterocycles. The van der Waals surface area contributed by atoms with Gasteiger partial charge in [0.15, 0.2) is 0 Å². The van der Waals surface area contributed by atoms with Gasteiger partial charge >= 0.3 is 0 Å². The molecule has 2 heterocycles. The predicted octanol–water partition coefficient (Wildman–Crippen LogP) is 0.692. The Labute approximate surface area is 69.0 Å². The average Bonchev–Trinajstić information content (AvgIpc) is 2.62. The maximum absolute atomic E-state index is 3.47. The van der Waals surface area contributed by atoms with E-state index in [1.807, 2.05) is 0 Å². The van der Waals surface area contributed by atoms with Crippen LogP contribution in [0.1, 0.15) is 19.8 Å². The third kappa shape index (κ3) is 1.30. The lowest BCUT2D eigenvalue weighted by atomic mass is 9.87. The summed E-state index contributed by atoms with van der Waals surface area (Å²) in [5.41, 5.74) is 0.677. The van der Waals surface area contributed by atoms with E-state index in [1.54, 1.807) is 0 Å². The number of hydrogen-bond acceptors (Lipinski definition) is 2. The quantitative estimate of drug-likeness (QED) is 0.598. The molecule has 0 aromatic carbocycles. The van der Waals surface area contributed by atoms with E-state index < -0.39 is 0 Å². The van der Waals surface area contributed by atoms with Crippen LogP contribution in [0.4, 0.5) is 0 Å². The third-order valence-corrected chi connectivity index (χ3v) is 3.30. The van der Waals surface area contributed by atoms with Crippen LogP contribution in [0.3, 0.4) is 0 Å². The number of rotatable bonds is 1. The van der Waals surface area contributed by atoms with Crippen molar-refractivity contribution in [2.45, 2.75) is 19.8 Å². The van der Waals surface area contributed by atoms with Crippen molar-refractivity contribution in [1.29, 1.82) is 0 Å². The van der Waals surface area contributed by atoms with Crippen LogP contribution >= 0.6 is 0 Å². The molecule has 2 fully saturated rings. The zero-order chi connectivity index (χ0) is 7.73. The Bertz CT molecular complexity index is 138. The first kappa shape index (κ1) is 7.56. The fourth-order valence-corrected chi connectivity index (χ4v) is 2.44. The van der Waals surface area contributed by atoms with Gasteiger partial charge in [-0.05, 0) is 37.9 Å². The molecule has 0 unspecified atom stereocenters. The molecule has 0 aromatic heterocycles. The van der Waals surface area contributed by atoms with Gasteiger partial charge in [-0.25, -0.2) is 0 Å². The van der Waals surface area contributed by atoms with Crippen LogP contribution in [-0.4, -0.2) is 37.6 Å². The van der Waals surface area contributed by atoms with Gasteiger partial charge in [0.05, 0.1) is 0 Å². The van der Waals surface area contributed by atoms with Crippen molar-refractivity contribution in [1.82, 2.24) is 10.2 Å². The second kappa shape index (κ2) is 2.76. The lowest BCUT2D eigenvalue weighted by Crippen LogP contribution is -2.28. The van der Waals surface area contributed by atoms with E-state index >= 15 is 0 Å². The second-order valence-electron chi connectivity index (χ2n) is 4.05. The van der Waals surface area contributed by atoms with Crippen LogP contribution < -0.4 is 5.32 Å². The zero-order valence-electron chi connectivity index (χ0n) is 7.40. The van der Waals surface area contributed by atoms with E-state index in [1.165, 1.54) is 45.6 Å². The zero-order valence-corrected chi connectivity index (χ0v) is 7.40. The highest BCUT2D eigenvalue weighted by molar-refractivity contribution is 4.95. The topological polar surface area (TPSA) is 15.3 Å². The summed E-state index contributed by atoms with van der Waals surface area (Å²) in [6.45, 7) is 8.69. The molecule has 2 aliphatic heterocycles. The summed E-state index contributed by atoms with van der Waals surface area (Å²) < 4.78 is 0. The summed E-state index contributed by atoms with van der Waals surface area (Å²) in [6.07, 6.45) is 2.83. The van der Waals surface area contributed by atoms with Gasteiger partial charge < -0.3 is 10.2 Å². The fourth-order valence-electron chi connectivity index (χ4n) is 2.44. The van der Waals surface area contributed by atoms with E-state index in [0.29, 0.717) is 5.41 Å². The molecular weight excluding hydrogens is 136 g/mol. The Morgan fingerprint density at radius 2 is 2.36 bits per heavy atom. The summed E-state index contributed by atoms with van der Waals surface area (Å²) in [7, 11) is 0. The molecule has 1 atom stereocenters. The van der Waals surface area contributed by atoms with Gasteiger partial charge in [0.1, 0.15) is 0 Å². The van der Waals surface area contributed by atoms with Crippen molar-refractivity contribution in [3.05, 3.63) is 0 Å². The van der Waals surface area contributed by atoms with Gasteiger partial charge in [-0.2, -0.15) is 0 Å². The number of nitrogens with one attached hydrogen (secondary N) is 1. The van der Waals surface area contributed by atoms with Crippen molar-refractivity contribution >= 4 is 0 Å². The van der Waals surface area contributed by atoms with Crippen molar-refractivity contribution in [3.8, 4) is 0 Å². The van der Waals surface area contributed by atoms with Crippen molar-refractivity contribution in [2.75, 3.05) is 32.7 Å². The molecule has 11 heavy (non-hydrogen) atoms. The van der Waals surface area contributed by atoms with Gasteiger partial charge in [0, 0.05) is 13.1 Å². The minimum absolute atomic E-state index is 0.677. The maximum atomic E-state index is 3.47. The second-order valence-corrected chi connectivity index (χ2v) is 4.05. The minimum Gasteiger partial charge on any atom is -0.316 e. The normalized spacial score (nSPS) is 39.0. The van der Waals surface area contributed by atoms with E-state index in [0.717, 1.165) is 0 Å². The van der Waals surface area contributed by atoms with Crippen LogP contribution in [0.5, 0.6) is 0 Å². The Hall–Kier alpha value is -0.0800. The molecule has 2 nitrogen and oxygen atoms in total. The number of nitrogens with zero attached hydrogens (tertiary/aromatic N) is 1. The van der Waals surface area contributed by atoms with Crippen LogP contribution in [0, 0.1) is 5.41 Å². The van der Waals surface area contributed by atoms with Gasteiger partial charge in [0.25, 0.3) is 0 Å². The molecule has 0 bridgehead atoms. The molecule has 0 amide bonds. The number of hydrogen-bond donors (Lipinski definition) is 1. The van der Waals surface area contributed by atoms with Gasteiger partial charge in [-0.15, -0.1) is 0 Å². The summed E-state index contributed by atoms with van der Waals surface area (Å²) in [4.78, 5) is 2.58. The molecule has 0 saturated carbocycles. The highest BCUT2D eigenvalue weighted by Gasteiger charge is 2.39. The van der Waals surface area contributed by atoms with E-state index in [2.05, 4.69) is 17.1 Å². The van der Waals surface area contributed by atoms with Crippen LogP contribution in [0.2, 0.25) is 0 Å². The minimum atomic E-state index is 0.677. The Morgan fingerprint density at radius 3 is 2.91 bits per heavy atom. The molecule has 0 aromatic rings. The summed E-state index contributed by atoms with van der Waals surface area (Å²) in [6, 6.07) is 0. The first-order valence-electron chi connectivity index (χ1n) is 4.78. The van der Waals surface area contributed by atoms with E-state index in [9.17, 15) is 0 Å². The molecule has 2 heteroatoms. The molecule has 0 aliphatic carbocycles. The first-order chi connectivity index (χ1) is 5.35. The van der Waals surface area contributed by atoms with Crippen molar-refractivity contribution < 1.29 is 0 Å². The molecule has 0 radical (unpaired) electrons. The lowest BCUT2D eigenvalue weighted by Gasteiger charge is -2.21. The standard InChI is InChI=1S/C9H18N2/c1-2-11-6-4-9(8-11)3-5-10-7-9/h10H,2-8H2,1H3/t9-/m1/s1. The largest absolute Gasteiger partial charge is 0.316 e. The monoisotopic (exact) mass is 154 g/mol. The molecule has 2 aliphatic rings. The molecular formula is C9H18N2. The third-order valence-electron chi connectivity index (χ3n) is 3.30. The predicted molar refractivity (Wildman–Crippen MR) is 46.7 cm³/mol. The van der Waals surface area contributed by atoms with Crippen LogP contribution in [0.15, 0.2) is 0 Å². The van der Waals surface area contributed by atoms with E-state index in [4.69, 9.17) is 0 Å². The highest BCUT2D eigenvalue weighted by atomic mass is 15.2. The first-order valence-corrected chi connectivity index (χ1v) is 4.78. The van der Waals surface area contributed by atoms with Gasteiger partial charge in [-0.3, -0.25) is 0 Å². The molecule has 2 rings (SSSR count). The average molecular weight is 154 g/mol. The smallest absolute Gasteiger partial charge is 0.00510 e. The molecule has 64 valence electrons. The Morgan fingerprint density at radius 1 is 1.45 bits per heavy atom. The highest BCUT2D eigenvalue weighted by Crippen LogP contribution is 2.35. The SMILES string of the molecule is CCN1CC[C@@]2(CCNC2)C1. The lowest BCUT2D eigenvalue weighted by molar-refractivity contribution is 0.284. The Kier molecular flexibility index (Phi) is 1.90. The summed E-state index contributed by atoms with van der Waals surface area (Å²) in [5, 5.41) is 3.47. The molecule has 1 spiro atoms. The molecule has 1 N–H and O–H groups in total. The van der Waals surface area contributed by atoms with E-state index in [-0.39, 0.29) is 0 Å². The van der Waals surface area contributed by atoms with Gasteiger partial charge in [-0.1, -0.05) is 6.92 Å². The number of likely N-dealkylation sites (tertiary alicyclic amines) is 1. The summed E-state index contributed by atoms with van der Waals surface area (Å²) in [5.74, 6) is 0. The van der Waals surface area contributed by atoms with Gasteiger partial charge in [0.2, 0.25) is 0 Å². The van der Waals surface area contributed by atoms with Crippen LogP contribution in [-0.2, 0) is 0 Å². The van der Waals surface area contributed by atoms with Crippen molar-refractivity contribution in [3.63, 3.8) is 0 Å².